The smallest absolute Gasteiger partial charge is 0.151 e. The molecule has 0 saturated heterocycles. The highest BCUT2D eigenvalue weighted by Gasteiger charge is 2.21. The second kappa shape index (κ2) is 8.97. The van der Waals surface area contributed by atoms with Crippen molar-refractivity contribution in [3.8, 4) is 51.4 Å². The van der Waals surface area contributed by atoms with Gasteiger partial charge in [-0.2, -0.15) is 15.8 Å². The Morgan fingerprint density at radius 2 is 1.36 bits per heavy atom. The van der Waals surface area contributed by atoms with Gasteiger partial charge in [-0.25, -0.2) is 4.98 Å². The highest BCUT2D eigenvalue weighted by atomic mass is 32.1. The van der Waals surface area contributed by atoms with Crippen molar-refractivity contribution in [2.24, 2.45) is 7.05 Å². The van der Waals surface area contributed by atoms with Crippen LogP contribution >= 0.6 is 11.3 Å². The van der Waals surface area contributed by atoms with Gasteiger partial charge in [-0.1, -0.05) is 59.7 Å². The summed E-state index contributed by atoms with van der Waals surface area (Å²) in [5.41, 5.74) is 6.20. The number of hydrogen-bond donors (Lipinski definition) is 0. The zero-order chi connectivity index (χ0) is 23.5. The van der Waals surface area contributed by atoms with Crippen molar-refractivity contribution < 1.29 is 0 Å². The average Bonchev–Trinajstić information content (AvgIpc) is 3.43. The summed E-state index contributed by atoms with van der Waals surface area (Å²) in [5.74, 6) is 0.755. The molecule has 2 heterocycles. The fourth-order valence-electron chi connectivity index (χ4n) is 3.64. The topological polar surface area (TPSA) is 89.2 Å². The molecular formula is C27H19N5S. The summed E-state index contributed by atoms with van der Waals surface area (Å²) < 4.78 is 2.06. The Morgan fingerprint density at radius 1 is 0.788 bits per heavy atom. The lowest BCUT2D eigenvalue weighted by molar-refractivity contribution is 0.936. The molecule has 33 heavy (non-hydrogen) atoms. The van der Waals surface area contributed by atoms with Crippen molar-refractivity contribution in [1.82, 2.24) is 9.55 Å². The molecule has 0 saturated carbocycles. The standard InChI is InChI=1S/C27H19N5S/c1-17-4-8-19(9-5-17)25-26(20-10-6-18(2)7-11-20)32(3)27(31-25)24-13-12-23(33-24)22(16-30)21(14-28)15-29/h4-13H,1-3H3. The van der Waals surface area contributed by atoms with E-state index in [1.807, 2.05) is 31.3 Å². The van der Waals surface area contributed by atoms with Crippen LogP contribution in [0.25, 0.3) is 38.8 Å². The molecule has 0 N–H and O–H groups in total. The summed E-state index contributed by atoms with van der Waals surface area (Å²) in [5, 5.41) is 27.9. The third-order valence-corrected chi connectivity index (χ3v) is 6.50. The lowest BCUT2D eigenvalue weighted by Crippen LogP contribution is -1.95. The van der Waals surface area contributed by atoms with Crippen LogP contribution in [0.2, 0.25) is 0 Å². The van der Waals surface area contributed by atoms with Gasteiger partial charge in [-0.3, -0.25) is 0 Å². The average molecular weight is 446 g/mol. The maximum atomic E-state index is 9.51. The quantitative estimate of drug-likeness (QED) is 0.339. The van der Waals surface area contributed by atoms with Crippen LogP contribution in [-0.2, 0) is 7.05 Å². The summed E-state index contributed by atoms with van der Waals surface area (Å²) in [7, 11) is 1.98. The second-order valence-electron chi connectivity index (χ2n) is 7.67. The normalized spacial score (nSPS) is 10.2. The van der Waals surface area contributed by atoms with Crippen molar-refractivity contribution in [2.45, 2.75) is 13.8 Å². The minimum atomic E-state index is -0.188. The van der Waals surface area contributed by atoms with Gasteiger partial charge >= 0.3 is 0 Å². The number of imidazole rings is 1. The number of rotatable bonds is 4. The van der Waals surface area contributed by atoms with E-state index in [2.05, 4.69) is 66.9 Å². The summed E-state index contributed by atoms with van der Waals surface area (Å²) in [4.78, 5) is 6.43. The fraction of sp³-hybridized carbons (Fsp3) is 0.111. The molecule has 2 aromatic carbocycles. The van der Waals surface area contributed by atoms with E-state index >= 15 is 0 Å². The number of aromatic nitrogens is 2. The Hall–Kier alpha value is -4.44. The highest BCUT2D eigenvalue weighted by molar-refractivity contribution is 7.16. The lowest BCUT2D eigenvalue weighted by atomic mass is 10.0. The van der Waals surface area contributed by atoms with Crippen molar-refractivity contribution in [3.05, 3.63) is 82.2 Å². The van der Waals surface area contributed by atoms with Crippen molar-refractivity contribution >= 4 is 16.9 Å². The molecule has 0 bridgehead atoms. The summed E-state index contributed by atoms with van der Waals surface area (Å²) in [6.45, 7) is 4.11. The first-order chi connectivity index (χ1) is 16.0. The molecule has 0 amide bonds. The number of nitrogens with zero attached hydrogens (tertiary/aromatic N) is 5. The predicted molar refractivity (Wildman–Crippen MR) is 131 cm³/mol. The van der Waals surface area contributed by atoms with E-state index in [1.54, 1.807) is 6.07 Å². The van der Waals surface area contributed by atoms with Crippen LogP contribution in [0, 0.1) is 47.8 Å². The summed E-state index contributed by atoms with van der Waals surface area (Å²) in [6.07, 6.45) is 0. The monoisotopic (exact) mass is 445 g/mol. The number of allylic oxidation sites excluding steroid dienone is 2. The maximum absolute atomic E-state index is 9.51. The lowest BCUT2D eigenvalue weighted by Gasteiger charge is -2.08. The Balaban J connectivity index is 1.91. The van der Waals surface area contributed by atoms with E-state index in [-0.39, 0.29) is 11.1 Å². The molecule has 6 heteroatoms. The van der Waals surface area contributed by atoms with Gasteiger partial charge < -0.3 is 4.57 Å². The van der Waals surface area contributed by atoms with Crippen LogP contribution in [0.15, 0.2) is 66.2 Å². The van der Waals surface area contributed by atoms with Crippen LogP contribution in [0.4, 0.5) is 0 Å². The van der Waals surface area contributed by atoms with Crippen LogP contribution in [0.5, 0.6) is 0 Å². The molecule has 0 fully saturated rings. The molecule has 0 aliphatic carbocycles. The molecule has 4 aromatic rings. The first kappa shape index (κ1) is 21.8. The Kier molecular flexibility index (Phi) is 5.92. The number of thiophene rings is 1. The molecular weight excluding hydrogens is 426 g/mol. The first-order valence-corrected chi connectivity index (χ1v) is 11.0. The van der Waals surface area contributed by atoms with Crippen molar-refractivity contribution in [1.29, 1.82) is 15.8 Å². The predicted octanol–water partition coefficient (Wildman–Crippen LogP) is 6.42. The molecule has 0 aliphatic rings. The number of hydrogen-bond acceptors (Lipinski definition) is 5. The first-order valence-electron chi connectivity index (χ1n) is 10.2. The second-order valence-corrected chi connectivity index (χ2v) is 8.76. The third-order valence-electron chi connectivity index (χ3n) is 5.40. The minimum Gasteiger partial charge on any atom is -0.326 e. The molecule has 2 aromatic heterocycles. The maximum Gasteiger partial charge on any atom is 0.151 e. The Bertz CT molecular complexity index is 1480. The van der Waals surface area contributed by atoms with Crippen molar-refractivity contribution in [3.63, 3.8) is 0 Å². The molecule has 4 rings (SSSR count). The van der Waals surface area contributed by atoms with Crippen LogP contribution in [-0.4, -0.2) is 9.55 Å². The van der Waals surface area contributed by atoms with E-state index in [1.165, 1.54) is 22.5 Å². The van der Waals surface area contributed by atoms with Gasteiger partial charge in [0.2, 0.25) is 0 Å². The molecule has 0 unspecified atom stereocenters. The molecule has 5 nitrogen and oxygen atoms in total. The van der Waals surface area contributed by atoms with Gasteiger partial charge in [0.05, 0.1) is 21.8 Å². The van der Waals surface area contributed by atoms with E-state index < -0.39 is 0 Å². The number of aryl methyl sites for hydroxylation is 2. The van der Waals surface area contributed by atoms with Gasteiger partial charge in [-0.05, 0) is 26.0 Å². The van der Waals surface area contributed by atoms with E-state index in [0.717, 1.165) is 33.2 Å². The summed E-state index contributed by atoms with van der Waals surface area (Å²) in [6, 6.07) is 25.9. The van der Waals surface area contributed by atoms with Gasteiger partial charge in [0.1, 0.15) is 23.8 Å². The Labute approximate surface area is 196 Å². The van der Waals surface area contributed by atoms with Crippen LogP contribution in [0.3, 0.4) is 0 Å². The van der Waals surface area contributed by atoms with E-state index in [4.69, 9.17) is 4.98 Å². The molecule has 0 radical (unpaired) electrons. The van der Waals surface area contributed by atoms with E-state index in [9.17, 15) is 15.8 Å². The van der Waals surface area contributed by atoms with Gasteiger partial charge in [0, 0.05) is 23.1 Å². The largest absolute Gasteiger partial charge is 0.326 e. The Morgan fingerprint density at radius 3 is 1.91 bits per heavy atom. The zero-order valence-corrected chi connectivity index (χ0v) is 19.2. The third kappa shape index (κ3) is 4.06. The minimum absolute atomic E-state index is 0.0861. The molecule has 0 atom stereocenters. The summed E-state index contributed by atoms with van der Waals surface area (Å²) >= 11 is 1.34. The van der Waals surface area contributed by atoms with Gasteiger partial charge in [0.15, 0.2) is 5.82 Å². The van der Waals surface area contributed by atoms with Crippen molar-refractivity contribution in [2.75, 3.05) is 0 Å². The molecule has 0 spiro atoms. The van der Waals surface area contributed by atoms with E-state index in [0.29, 0.717) is 4.88 Å². The van der Waals surface area contributed by atoms with Gasteiger partial charge in [0.25, 0.3) is 0 Å². The highest BCUT2D eigenvalue weighted by Crippen LogP contribution is 2.39. The zero-order valence-electron chi connectivity index (χ0n) is 18.4. The molecule has 158 valence electrons. The van der Waals surface area contributed by atoms with Crippen LogP contribution < -0.4 is 0 Å². The number of nitriles is 3. The number of benzene rings is 2. The van der Waals surface area contributed by atoms with Crippen LogP contribution in [0.1, 0.15) is 16.0 Å². The van der Waals surface area contributed by atoms with Gasteiger partial charge in [-0.15, -0.1) is 11.3 Å². The molecule has 0 aliphatic heterocycles. The SMILES string of the molecule is Cc1ccc(-c2nc(-c3ccc(C(C#N)=C(C#N)C#N)s3)n(C)c2-c2ccc(C)cc2)cc1. The fourth-order valence-corrected chi connectivity index (χ4v) is 4.67.